The molecule has 29 heavy (non-hydrogen) atoms. The van der Waals surface area contributed by atoms with Crippen LogP contribution in [0.3, 0.4) is 0 Å². The van der Waals surface area contributed by atoms with Crippen LogP contribution < -0.4 is 10.3 Å². The maximum atomic E-state index is 12.8. The number of benzene rings is 2. The van der Waals surface area contributed by atoms with E-state index >= 15 is 0 Å². The number of aryl methyl sites for hydroxylation is 1. The van der Waals surface area contributed by atoms with Gasteiger partial charge in [-0.15, -0.1) is 0 Å². The van der Waals surface area contributed by atoms with Crippen molar-refractivity contribution in [3.63, 3.8) is 0 Å². The quantitative estimate of drug-likeness (QED) is 0.624. The van der Waals surface area contributed by atoms with Crippen molar-refractivity contribution in [1.82, 2.24) is 14.6 Å². The lowest BCUT2D eigenvalue weighted by molar-refractivity contribution is 0.0339. The zero-order valence-corrected chi connectivity index (χ0v) is 16.7. The maximum Gasteiger partial charge on any atom is 0.282 e. The van der Waals surface area contributed by atoms with Crippen molar-refractivity contribution in [2.45, 2.75) is 13.5 Å². The summed E-state index contributed by atoms with van der Waals surface area (Å²) in [6, 6.07) is 13.2. The summed E-state index contributed by atoms with van der Waals surface area (Å²) in [5.41, 5.74) is 2.48. The summed E-state index contributed by atoms with van der Waals surface area (Å²) >= 11 is 0. The zero-order chi connectivity index (χ0) is 20.2. The van der Waals surface area contributed by atoms with Gasteiger partial charge in [0, 0.05) is 25.2 Å². The number of rotatable bonds is 5. The Labute approximate surface area is 169 Å². The molecule has 7 heteroatoms. The van der Waals surface area contributed by atoms with E-state index in [4.69, 9.17) is 9.47 Å². The molecule has 4 rings (SSSR count). The topological polar surface area (TPSA) is 69.0 Å². The number of aromatic nitrogens is 2. The van der Waals surface area contributed by atoms with E-state index < -0.39 is 0 Å². The highest BCUT2D eigenvalue weighted by Gasteiger charge is 2.14. The van der Waals surface area contributed by atoms with Crippen molar-refractivity contribution < 1.29 is 9.47 Å². The van der Waals surface area contributed by atoms with Crippen molar-refractivity contribution in [2.24, 2.45) is 5.10 Å². The number of nitrogens with zero attached hydrogens (tertiary/aromatic N) is 4. The molecule has 0 amide bonds. The number of morpholine rings is 1. The summed E-state index contributed by atoms with van der Waals surface area (Å²) in [6.45, 7) is 5.87. The minimum Gasteiger partial charge on any atom is -0.496 e. The van der Waals surface area contributed by atoms with Gasteiger partial charge in [-0.25, -0.2) is 4.98 Å². The standard InChI is InChI=1S/C22H24N4O3/c1-16-24-20-6-4-3-5-19(20)22(27)26(16)23-14-17-7-8-21(28-2)18(13-17)15-25-9-11-29-12-10-25/h3-8,13-14H,9-12,15H2,1-2H3/b23-14+. The lowest BCUT2D eigenvalue weighted by atomic mass is 10.1. The van der Waals surface area contributed by atoms with Gasteiger partial charge in [0.25, 0.3) is 5.56 Å². The number of fused-ring (bicyclic) bond motifs is 1. The van der Waals surface area contributed by atoms with E-state index in [1.165, 1.54) is 4.68 Å². The van der Waals surface area contributed by atoms with Gasteiger partial charge in [0.05, 0.1) is 37.4 Å². The second-order valence-corrected chi connectivity index (χ2v) is 7.00. The fraction of sp³-hybridized carbons (Fsp3) is 0.318. The summed E-state index contributed by atoms with van der Waals surface area (Å²) in [6.07, 6.45) is 1.69. The third-order valence-electron chi connectivity index (χ3n) is 5.04. The molecule has 1 saturated heterocycles. The molecule has 1 fully saturated rings. The monoisotopic (exact) mass is 392 g/mol. The van der Waals surface area contributed by atoms with Crippen molar-refractivity contribution >= 4 is 17.1 Å². The predicted octanol–water partition coefficient (Wildman–Crippen LogP) is 2.43. The molecular formula is C22H24N4O3. The number of methoxy groups -OCH3 is 1. The Bertz CT molecular complexity index is 1100. The molecule has 3 aromatic rings. The Kier molecular flexibility index (Phi) is 5.69. The Morgan fingerprint density at radius 1 is 1.21 bits per heavy atom. The van der Waals surface area contributed by atoms with Crippen molar-refractivity contribution in [1.29, 1.82) is 0 Å². The summed E-state index contributed by atoms with van der Waals surface area (Å²) in [4.78, 5) is 19.6. The van der Waals surface area contributed by atoms with Gasteiger partial charge in [-0.1, -0.05) is 12.1 Å². The average Bonchev–Trinajstić information content (AvgIpc) is 2.74. The summed E-state index contributed by atoms with van der Waals surface area (Å²) in [5.74, 6) is 1.39. The first-order chi connectivity index (χ1) is 14.2. The van der Waals surface area contributed by atoms with Crippen molar-refractivity contribution in [2.75, 3.05) is 33.4 Å². The maximum absolute atomic E-state index is 12.8. The van der Waals surface area contributed by atoms with Crippen LogP contribution in [0.2, 0.25) is 0 Å². The molecule has 1 aliphatic heterocycles. The van der Waals surface area contributed by atoms with Gasteiger partial charge in [-0.05, 0) is 42.8 Å². The van der Waals surface area contributed by atoms with E-state index in [1.807, 2.05) is 36.4 Å². The lowest BCUT2D eigenvalue weighted by Gasteiger charge is -2.27. The molecule has 0 bridgehead atoms. The highest BCUT2D eigenvalue weighted by atomic mass is 16.5. The number of ether oxygens (including phenoxy) is 2. The van der Waals surface area contributed by atoms with Gasteiger partial charge in [0.1, 0.15) is 11.6 Å². The highest BCUT2D eigenvalue weighted by Crippen LogP contribution is 2.21. The molecule has 2 aromatic carbocycles. The Balaban J connectivity index is 1.64. The van der Waals surface area contributed by atoms with Crippen LogP contribution in [0.25, 0.3) is 10.9 Å². The van der Waals surface area contributed by atoms with Gasteiger partial charge in [-0.2, -0.15) is 9.78 Å². The Hall–Kier alpha value is -3.03. The molecule has 2 heterocycles. The van der Waals surface area contributed by atoms with Gasteiger partial charge in [-0.3, -0.25) is 9.69 Å². The van der Waals surface area contributed by atoms with Gasteiger partial charge >= 0.3 is 0 Å². The van der Waals surface area contributed by atoms with Crippen LogP contribution in [0.15, 0.2) is 52.4 Å². The van der Waals surface area contributed by atoms with Crippen LogP contribution in [0.1, 0.15) is 17.0 Å². The molecule has 0 N–H and O–H groups in total. The molecule has 0 atom stereocenters. The normalized spacial score (nSPS) is 15.2. The second-order valence-electron chi connectivity index (χ2n) is 7.00. The third kappa shape index (κ3) is 4.21. The smallest absolute Gasteiger partial charge is 0.282 e. The molecule has 0 aliphatic carbocycles. The van der Waals surface area contributed by atoms with Crippen molar-refractivity contribution in [3.05, 3.63) is 69.8 Å². The number of hydrogen-bond donors (Lipinski definition) is 0. The van der Waals surface area contributed by atoms with E-state index in [1.54, 1.807) is 26.3 Å². The Morgan fingerprint density at radius 3 is 2.79 bits per heavy atom. The highest BCUT2D eigenvalue weighted by molar-refractivity contribution is 5.81. The molecule has 0 saturated carbocycles. The first kappa shape index (κ1) is 19.3. The number of para-hydroxylation sites is 1. The van der Waals surface area contributed by atoms with Gasteiger partial charge in [0.2, 0.25) is 0 Å². The fourth-order valence-electron chi connectivity index (χ4n) is 3.50. The second kappa shape index (κ2) is 8.55. The van der Waals surface area contributed by atoms with Crippen LogP contribution in [-0.4, -0.2) is 54.2 Å². The zero-order valence-electron chi connectivity index (χ0n) is 16.7. The largest absolute Gasteiger partial charge is 0.496 e. The minimum absolute atomic E-state index is 0.175. The van der Waals surface area contributed by atoms with E-state index in [0.29, 0.717) is 16.7 Å². The van der Waals surface area contributed by atoms with E-state index in [2.05, 4.69) is 15.0 Å². The first-order valence-corrected chi connectivity index (χ1v) is 9.65. The van der Waals surface area contributed by atoms with Crippen LogP contribution >= 0.6 is 0 Å². The van der Waals surface area contributed by atoms with Crippen LogP contribution in [0.4, 0.5) is 0 Å². The van der Waals surface area contributed by atoms with Crippen LogP contribution in [0, 0.1) is 6.92 Å². The lowest BCUT2D eigenvalue weighted by Crippen LogP contribution is -2.35. The average molecular weight is 392 g/mol. The molecule has 0 unspecified atom stereocenters. The molecule has 1 aliphatic rings. The van der Waals surface area contributed by atoms with Crippen LogP contribution in [0.5, 0.6) is 5.75 Å². The summed E-state index contributed by atoms with van der Waals surface area (Å²) in [5, 5.41) is 4.97. The fourth-order valence-corrected chi connectivity index (χ4v) is 3.50. The summed E-state index contributed by atoms with van der Waals surface area (Å²) < 4.78 is 12.3. The predicted molar refractivity (Wildman–Crippen MR) is 113 cm³/mol. The summed E-state index contributed by atoms with van der Waals surface area (Å²) in [7, 11) is 1.68. The third-order valence-corrected chi connectivity index (χ3v) is 5.04. The van der Waals surface area contributed by atoms with Gasteiger partial charge in [0.15, 0.2) is 0 Å². The molecule has 7 nitrogen and oxygen atoms in total. The van der Waals surface area contributed by atoms with Crippen molar-refractivity contribution in [3.8, 4) is 5.75 Å². The van der Waals surface area contributed by atoms with E-state index in [-0.39, 0.29) is 5.56 Å². The van der Waals surface area contributed by atoms with Gasteiger partial charge < -0.3 is 9.47 Å². The van der Waals surface area contributed by atoms with E-state index in [0.717, 1.165) is 49.7 Å². The molecule has 0 spiro atoms. The Morgan fingerprint density at radius 2 is 2.00 bits per heavy atom. The number of hydrogen-bond acceptors (Lipinski definition) is 6. The molecule has 1 aromatic heterocycles. The van der Waals surface area contributed by atoms with Crippen LogP contribution in [-0.2, 0) is 11.3 Å². The molecular weight excluding hydrogens is 368 g/mol. The minimum atomic E-state index is -0.175. The first-order valence-electron chi connectivity index (χ1n) is 9.65. The van der Waals surface area contributed by atoms with E-state index in [9.17, 15) is 4.79 Å². The molecule has 150 valence electrons. The molecule has 0 radical (unpaired) electrons. The SMILES string of the molecule is COc1ccc(/C=N/n2c(C)nc3ccccc3c2=O)cc1CN1CCOCC1.